The van der Waals surface area contributed by atoms with E-state index in [1.54, 1.807) is 0 Å². The second kappa shape index (κ2) is 5.40. The van der Waals surface area contributed by atoms with Gasteiger partial charge in [-0.15, -0.1) is 0 Å². The van der Waals surface area contributed by atoms with Crippen LogP contribution in [0.25, 0.3) is 0 Å². The Morgan fingerprint density at radius 2 is 2.00 bits per heavy atom. The van der Waals surface area contributed by atoms with E-state index in [1.807, 2.05) is 0 Å². The molecule has 100 valence electrons. The maximum absolute atomic E-state index is 13.0. The van der Waals surface area contributed by atoms with Crippen LogP contribution in [0.2, 0.25) is 5.02 Å². The van der Waals surface area contributed by atoms with Crippen LogP contribution in [0.3, 0.4) is 0 Å². The van der Waals surface area contributed by atoms with Crippen LogP contribution in [-0.2, 0) is 10.0 Å². The van der Waals surface area contributed by atoms with Crippen LogP contribution in [0.5, 0.6) is 0 Å². The van der Waals surface area contributed by atoms with Crippen molar-refractivity contribution in [2.45, 2.75) is 4.90 Å². The third-order valence-corrected chi connectivity index (χ3v) is 4.11. The van der Waals surface area contributed by atoms with Crippen LogP contribution < -0.4 is 4.72 Å². The molecule has 0 aliphatic heterocycles. The van der Waals surface area contributed by atoms with Crippen LogP contribution >= 0.6 is 27.5 Å². The highest BCUT2D eigenvalue weighted by Crippen LogP contribution is 2.21. The fraction of sp³-hybridized carbons (Fsp3) is 0. The summed E-state index contributed by atoms with van der Waals surface area (Å²) in [6.07, 6.45) is 2.59. The van der Waals surface area contributed by atoms with E-state index in [0.29, 0.717) is 4.60 Å². The van der Waals surface area contributed by atoms with Gasteiger partial charge in [-0.25, -0.2) is 22.8 Å². The van der Waals surface area contributed by atoms with Crippen molar-refractivity contribution in [2.24, 2.45) is 0 Å². The van der Waals surface area contributed by atoms with Gasteiger partial charge in [-0.2, -0.15) is 0 Å². The van der Waals surface area contributed by atoms with Gasteiger partial charge in [0.05, 0.1) is 22.3 Å². The smallest absolute Gasteiger partial charge is 0.262 e. The molecule has 0 atom stereocenters. The molecule has 0 saturated heterocycles. The first-order chi connectivity index (χ1) is 8.88. The number of nitrogens with zero attached hydrogens (tertiary/aromatic N) is 2. The van der Waals surface area contributed by atoms with Crippen molar-refractivity contribution in [2.75, 3.05) is 4.72 Å². The minimum atomic E-state index is -3.88. The lowest BCUT2D eigenvalue weighted by Crippen LogP contribution is -2.14. The summed E-state index contributed by atoms with van der Waals surface area (Å²) in [7, 11) is -3.88. The molecule has 5 nitrogen and oxygen atoms in total. The first-order valence-electron chi connectivity index (χ1n) is 4.84. The van der Waals surface area contributed by atoms with E-state index in [9.17, 15) is 12.8 Å². The Balaban J connectivity index is 2.32. The largest absolute Gasteiger partial charge is 0.263 e. The highest BCUT2D eigenvalue weighted by molar-refractivity contribution is 9.10. The molecule has 0 saturated carbocycles. The van der Waals surface area contributed by atoms with Crippen molar-refractivity contribution in [1.82, 2.24) is 9.97 Å². The summed E-state index contributed by atoms with van der Waals surface area (Å²) in [6, 6.07) is 3.10. The fourth-order valence-corrected chi connectivity index (χ4v) is 2.67. The van der Waals surface area contributed by atoms with Crippen LogP contribution in [0.4, 0.5) is 10.2 Å². The molecule has 2 rings (SSSR count). The highest BCUT2D eigenvalue weighted by atomic mass is 79.9. The van der Waals surface area contributed by atoms with Crippen LogP contribution in [-0.4, -0.2) is 18.4 Å². The van der Waals surface area contributed by atoms with Gasteiger partial charge in [0.1, 0.15) is 10.4 Å². The summed E-state index contributed by atoms with van der Waals surface area (Å²) in [5.41, 5.74) is 0. The van der Waals surface area contributed by atoms with E-state index in [4.69, 9.17) is 11.6 Å². The molecule has 19 heavy (non-hydrogen) atoms. The van der Waals surface area contributed by atoms with Gasteiger partial charge in [-0.1, -0.05) is 11.6 Å². The number of hydrogen-bond acceptors (Lipinski definition) is 4. The van der Waals surface area contributed by atoms with Gasteiger partial charge in [-0.3, -0.25) is 4.72 Å². The molecule has 9 heteroatoms. The minimum Gasteiger partial charge on any atom is -0.262 e. The molecule has 1 N–H and O–H groups in total. The van der Waals surface area contributed by atoms with Gasteiger partial charge >= 0.3 is 0 Å². The van der Waals surface area contributed by atoms with Gasteiger partial charge in [0.25, 0.3) is 10.0 Å². The zero-order valence-electron chi connectivity index (χ0n) is 9.14. The lowest BCUT2D eigenvalue weighted by atomic mass is 10.3. The maximum Gasteiger partial charge on any atom is 0.263 e. The molecular formula is C10H6BrClFN3O2S. The molecule has 0 fully saturated rings. The topological polar surface area (TPSA) is 72.0 Å². The SMILES string of the molecule is O=S(=O)(Nc1cnc(Br)cn1)c1ccc(F)c(Cl)c1. The Kier molecular flexibility index (Phi) is 4.02. The van der Waals surface area contributed by atoms with Crippen LogP contribution in [0, 0.1) is 5.82 Å². The van der Waals surface area contributed by atoms with Crippen molar-refractivity contribution in [3.05, 3.63) is 46.0 Å². The van der Waals surface area contributed by atoms with Gasteiger partial charge in [0.15, 0.2) is 5.82 Å². The normalized spacial score (nSPS) is 11.3. The number of aromatic nitrogens is 2. The second-order valence-corrected chi connectivity index (χ2v) is 6.31. The Bertz CT molecular complexity index is 709. The predicted molar refractivity (Wildman–Crippen MR) is 72.0 cm³/mol. The molecule has 0 unspecified atom stereocenters. The average Bonchev–Trinajstić information content (AvgIpc) is 2.35. The molecule has 0 spiro atoms. The van der Waals surface area contributed by atoms with Crippen molar-refractivity contribution < 1.29 is 12.8 Å². The number of nitrogens with one attached hydrogen (secondary N) is 1. The van der Waals surface area contributed by atoms with Gasteiger partial charge in [0, 0.05) is 0 Å². The Morgan fingerprint density at radius 3 is 2.58 bits per heavy atom. The predicted octanol–water partition coefficient (Wildman–Crippen LogP) is 2.83. The van der Waals surface area contributed by atoms with Gasteiger partial charge in [0.2, 0.25) is 0 Å². The van der Waals surface area contributed by atoms with Gasteiger partial charge < -0.3 is 0 Å². The molecular weight excluding hydrogens is 361 g/mol. The summed E-state index contributed by atoms with van der Waals surface area (Å²) in [6.45, 7) is 0. The molecule has 2 aromatic rings. The quantitative estimate of drug-likeness (QED) is 0.906. The minimum absolute atomic E-state index is 0.0450. The fourth-order valence-electron chi connectivity index (χ4n) is 1.21. The van der Waals surface area contributed by atoms with E-state index in [2.05, 4.69) is 30.6 Å². The first kappa shape index (κ1) is 14.2. The number of anilines is 1. The summed E-state index contributed by atoms with van der Waals surface area (Å²) >= 11 is 8.62. The Hall–Kier alpha value is -1.25. The third-order valence-electron chi connectivity index (χ3n) is 2.06. The average molecular weight is 367 g/mol. The van der Waals surface area contributed by atoms with Crippen LogP contribution in [0.1, 0.15) is 0 Å². The molecule has 1 heterocycles. The standard InChI is InChI=1S/C10H6BrClFN3O2S/c11-9-4-15-10(5-14-9)16-19(17,18)6-1-2-8(13)7(12)3-6/h1-5H,(H,15,16). The van der Waals surface area contributed by atoms with Crippen molar-refractivity contribution >= 4 is 43.4 Å². The monoisotopic (exact) mass is 365 g/mol. The Morgan fingerprint density at radius 1 is 1.26 bits per heavy atom. The molecule has 1 aromatic heterocycles. The summed E-state index contributed by atoms with van der Waals surface area (Å²) in [4.78, 5) is 7.49. The van der Waals surface area contributed by atoms with Crippen molar-refractivity contribution in [3.8, 4) is 0 Å². The lowest BCUT2D eigenvalue weighted by molar-refractivity contribution is 0.599. The number of benzene rings is 1. The van der Waals surface area contributed by atoms with E-state index in [-0.39, 0.29) is 15.7 Å². The molecule has 0 aliphatic rings. The second-order valence-electron chi connectivity index (χ2n) is 3.41. The van der Waals surface area contributed by atoms with E-state index < -0.39 is 15.8 Å². The first-order valence-corrected chi connectivity index (χ1v) is 7.49. The Labute approximate surface area is 122 Å². The number of sulfonamides is 1. The zero-order chi connectivity index (χ0) is 14.0. The van der Waals surface area contributed by atoms with Crippen molar-refractivity contribution in [3.63, 3.8) is 0 Å². The molecule has 0 aliphatic carbocycles. The van der Waals surface area contributed by atoms with E-state index in [0.717, 1.165) is 18.2 Å². The number of halogens is 3. The summed E-state index contributed by atoms with van der Waals surface area (Å²) in [5, 5.41) is -0.273. The van der Waals surface area contributed by atoms with Crippen LogP contribution in [0.15, 0.2) is 40.1 Å². The summed E-state index contributed by atoms with van der Waals surface area (Å²) in [5.74, 6) is -0.646. The highest BCUT2D eigenvalue weighted by Gasteiger charge is 2.16. The molecule has 0 bridgehead atoms. The van der Waals surface area contributed by atoms with Gasteiger partial charge in [-0.05, 0) is 34.1 Å². The maximum atomic E-state index is 13.0. The molecule has 0 amide bonds. The lowest BCUT2D eigenvalue weighted by Gasteiger charge is -2.07. The number of rotatable bonds is 3. The van der Waals surface area contributed by atoms with E-state index >= 15 is 0 Å². The molecule has 0 radical (unpaired) electrons. The summed E-state index contributed by atoms with van der Waals surface area (Å²) < 4.78 is 39.6. The van der Waals surface area contributed by atoms with Crippen molar-refractivity contribution in [1.29, 1.82) is 0 Å². The third kappa shape index (κ3) is 3.40. The number of hydrogen-bond donors (Lipinski definition) is 1. The van der Waals surface area contributed by atoms with E-state index in [1.165, 1.54) is 12.4 Å². The molecule has 1 aromatic carbocycles. The zero-order valence-corrected chi connectivity index (χ0v) is 12.3.